The van der Waals surface area contributed by atoms with Gasteiger partial charge in [-0.1, -0.05) is 25.1 Å². The highest BCUT2D eigenvalue weighted by Gasteiger charge is 2.45. The van der Waals surface area contributed by atoms with E-state index >= 15 is 0 Å². The Kier molecular flexibility index (Phi) is 6.55. The Morgan fingerprint density at radius 2 is 1.95 bits per heavy atom. The minimum atomic E-state index is -1.84. The van der Waals surface area contributed by atoms with E-state index in [1.54, 1.807) is 17.6 Å². The highest BCUT2D eigenvalue weighted by atomic mass is 16.6. The number of aromatic nitrogens is 2. The first-order valence-corrected chi connectivity index (χ1v) is 13.5. The number of fused-ring (bicyclic) bond motifs is 5. The summed E-state index contributed by atoms with van der Waals surface area (Å²) in [6, 6.07) is 9.86. The van der Waals surface area contributed by atoms with Gasteiger partial charge in [0.15, 0.2) is 5.60 Å². The maximum Gasteiger partial charge on any atom is 0.343 e. The number of cyclic esters (lactones) is 1. The molecule has 5 heterocycles. The minimum absolute atomic E-state index is 0.0574. The third-order valence-electron chi connectivity index (χ3n) is 8.40. The number of morpholine rings is 1. The predicted octanol–water partition coefficient (Wildman–Crippen LogP) is 2.06. The molecule has 0 amide bonds. The predicted molar refractivity (Wildman–Crippen MR) is 143 cm³/mol. The topological polar surface area (TPSA) is 120 Å². The van der Waals surface area contributed by atoms with Gasteiger partial charge in [0, 0.05) is 35.6 Å². The molecule has 1 saturated heterocycles. The molecule has 0 bridgehead atoms. The van der Waals surface area contributed by atoms with Crippen molar-refractivity contribution < 1.29 is 19.4 Å². The second-order valence-electron chi connectivity index (χ2n) is 10.6. The lowest BCUT2D eigenvalue weighted by Gasteiger charge is -2.31. The second kappa shape index (κ2) is 9.89. The van der Waals surface area contributed by atoms with Crippen LogP contribution in [0.1, 0.15) is 48.4 Å². The lowest BCUT2D eigenvalue weighted by molar-refractivity contribution is -0.172. The van der Waals surface area contributed by atoms with Crippen molar-refractivity contribution in [1.29, 1.82) is 0 Å². The van der Waals surface area contributed by atoms with Crippen LogP contribution >= 0.6 is 0 Å². The Labute approximate surface area is 221 Å². The van der Waals surface area contributed by atoms with Gasteiger partial charge in [0.05, 0.1) is 42.2 Å². The van der Waals surface area contributed by atoms with Crippen LogP contribution in [0.2, 0.25) is 0 Å². The molecule has 2 aromatic heterocycles. The highest BCUT2D eigenvalue weighted by molar-refractivity contribution is 5.89. The first-order valence-electron chi connectivity index (χ1n) is 13.5. The molecule has 0 radical (unpaired) electrons. The van der Waals surface area contributed by atoms with Crippen LogP contribution in [0.15, 0.2) is 35.1 Å². The molecule has 9 nitrogen and oxygen atoms in total. The smallest absolute Gasteiger partial charge is 0.343 e. The van der Waals surface area contributed by atoms with Gasteiger partial charge in [0.2, 0.25) is 0 Å². The van der Waals surface area contributed by atoms with E-state index in [1.165, 1.54) is 0 Å². The number of nitrogens with two attached hydrogens (primary N) is 1. The fraction of sp³-hybridized carbons (Fsp3) is 0.483. The lowest BCUT2D eigenvalue weighted by atomic mass is 9.86. The molecule has 6 rings (SSSR count). The molecule has 3 aromatic rings. The van der Waals surface area contributed by atoms with Crippen LogP contribution in [-0.4, -0.2) is 64.4 Å². The van der Waals surface area contributed by atoms with Crippen molar-refractivity contribution in [3.63, 3.8) is 0 Å². The standard InChI is InChI=1S/C29H34N4O5/c1-2-29(36)23-15-25-26-21(16-33(25)27(34)22(23)17-38-28(29)35)19(20-5-3-4-6-24(20)31-26)8-7-18(30)9-10-32-11-13-37-14-12-32/h3-6,15,18,36H,2,7-14,16-17,30H2,1H3/t18?,29-/m0/s1. The van der Waals surface area contributed by atoms with E-state index in [9.17, 15) is 14.7 Å². The maximum absolute atomic E-state index is 13.6. The van der Waals surface area contributed by atoms with Crippen molar-refractivity contribution in [1.82, 2.24) is 14.5 Å². The van der Waals surface area contributed by atoms with Crippen LogP contribution in [0, 0.1) is 0 Å². The molecule has 0 spiro atoms. The number of aryl methyl sites for hydroxylation is 1. The molecule has 0 aliphatic carbocycles. The zero-order chi connectivity index (χ0) is 26.4. The van der Waals surface area contributed by atoms with Crippen LogP contribution < -0.4 is 11.3 Å². The Hall–Kier alpha value is -3.11. The molecular weight excluding hydrogens is 484 g/mol. The average molecular weight is 519 g/mol. The summed E-state index contributed by atoms with van der Waals surface area (Å²) in [5.41, 5.74) is 9.56. The number of benzene rings is 1. The monoisotopic (exact) mass is 518 g/mol. The van der Waals surface area contributed by atoms with Gasteiger partial charge in [0.25, 0.3) is 5.56 Å². The molecule has 0 saturated carbocycles. The third kappa shape index (κ3) is 4.14. The van der Waals surface area contributed by atoms with E-state index < -0.39 is 11.6 Å². The number of aliphatic hydroxyl groups is 1. The Balaban J connectivity index is 1.35. The van der Waals surface area contributed by atoms with E-state index in [2.05, 4.69) is 11.0 Å². The van der Waals surface area contributed by atoms with Crippen LogP contribution in [0.4, 0.5) is 0 Å². The fourth-order valence-corrected chi connectivity index (χ4v) is 6.05. The van der Waals surface area contributed by atoms with Crippen molar-refractivity contribution >= 4 is 16.9 Å². The summed E-state index contributed by atoms with van der Waals surface area (Å²) >= 11 is 0. The number of hydrogen-bond acceptors (Lipinski definition) is 8. The van der Waals surface area contributed by atoms with Crippen molar-refractivity contribution in [3.05, 3.63) is 62.9 Å². The van der Waals surface area contributed by atoms with Crippen molar-refractivity contribution in [2.45, 2.75) is 57.4 Å². The molecule has 9 heteroatoms. The molecule has 1 unspecified atom stereocenters. The number of ether oxygens (including phenoxy) is 2. The summed E-state index contributed by atoms with van der Waals surface area (Å²) in [5, 5.41) is 12.2. The summed E-state index contributed by atoms with van der Waals surface area (Å²) in [6.45, 7) is 6.41. The second-order valence-corrected chi connectivity index (χ2v) is 10.6. The van der Waals surface area contributed by atoms with Gasteiger partial charge in [0.1, 0.15) is 6.61 Å². The number of nitrogens with zero attached hydrogens (tertiary/aromatic N) is 3. The van der Waals surface area contributed by atoms with Gasteiger partial charge in [-0.15, -0.1) is 0 Å². The summed E-state index contributed by atoms with van der Waals surface area (Å²) < 4.78 is 12.4. The Morgan fingerprint density at radius 3 is 2.74 bits per heavy atom. The van der Waals surface area contributed by atoms with Gasteiger partial charge >= 0.3 is 5.97 Å². The minimum Gasteiger partial charge on any atom is -0.458 e. The quantitative estimate of drug-likeness (QED) is 0.357. The number of rotatable bonds is 7. The zero-order valence-corrected chi connectivity index (χ0v) is 21.7. The van der Waals surface area contributed by atoms with Crippen LogP contribution in [-0.2, 0) is 39.4 Å². The summed E-state index contributed by atoms with van der Waals surface area (Å²) in [6.07, 6.45) is 2.64. The van der Waals surface area contributed by atoms with Crippen LogP contribution in [0.5, 0.6) is 0 Å². The summed E-state index contributed by atoms with van der Waals surface area (Å²) in [7, 11) is 0. The molecule has 3 aliphatic heterocycles. The number of esters is 1. The molecular formula is C29H34N4O5. The van der Waals surface area contributed by atoms with Gasteiger partial charge in [-0.2, -0.15) is 0 Å². The summed E-state index contributed by atoms with van der Waals surface area (Å²) in [5.74, 6) is -0.715. The Morgan fingerprint density at radius 1 is 1.16 bits per heavy atom. The van der Waals surface area contributed by atoms with E-state index in [0.29, 0.717) is 23.4 Å². The SMILES string of the molecule is CC[C@@]1(O)C(=O)OCc2c1cc1n(c2=O)Cc2c-1nc1ccccc1c2CCC(N)CCN1CCOCC1. The lowest BCUT2D eigenvalue weighted by Crippen LogP contribution is -2.44. The summed E-state index contributed by atoms with van der Waals surface area (Å²) in [4.78, 5) is 33.4. The number of para-hydroxylation sites is 1. The van der Waals surface area contributed by atoms with Crippen LogP contribution in [0.25, 0.3) is 22.3 Å². The first kappa shape index (κ1) is 25.2. The molecule has 1 fully saturated rings. The first-order chi connectivity index (χ1) is 18.4. The van der Waals surface area contributed by atoms with Crippen molar-refractivity contribution in [2.75, 3.05) is 32.8 Å². The van der Waals surface area contributed by atoms with E-state index in [0.717, 1.165) is 79.8 Å². The zero-order valence-electron chi connectivity index (χ0n) is 21.7. The molecule has 38 heavy (non-hydrogen) atoms. The Bertz CT molecular complexity index is 1460. The molecule has 2 atom stereocenters. The molecule has 3 N–H and O–H groups in total. The van der Waals surface area contributed by atoms with E-state index in [1.807, 2.05) is 18.2 Å². The molecule has 3 aliphatic rings. The molecule has 1 aromatic carbocycles. The van der Waals surface area contributed by atoms with Crippen LogP contribution in [0.3, 0.4) is 0 Å². The van der Waals surface area contributed by atoms with E-state index in [-0.39, 0.29) is 24.6 Å². The fourth-order valence-electron chi connectivity index (χ4n) is 6.05. The van der Waals surface area contributed by atoms with Crippen molar-refractivity contribution in [3.8, 4) is 11.4 Å². The average Bonchev–Trinajstić information content (AvgIpc) is 3.31. The maximum atomic E-state index is 13.6. The van der Waals surface area contributed by atoms with Gasteiger partial charge in [-0.25, -0.2) is 9.78 Å². The highest BCUT2D eigenvalue weighted by Crippen LogP contribution is 2.40. The van der Waals surface area contributed by atoms with Crippen molar-refractivity contribution in [2.24, 2.45) is 5.73 Å². The van der Waals surface area contributed by atoms with Gasteiger partial charge < -0.3 is 24.9 Å². The number of hydrogen-bond donors (Lipinski definition) is 2. The largest absolute Gasteiger partial charge is 0.458 e. The molecule has 200 valence electrons. The van der Waals surface area contributed by atoms with Gasteiger partial charge in [-0.3, -0.25) is 9.69 Å². The number of pyridine rings is 2. The van der Waals surface area contributed by atoms with E-state index in [4.69, 9.17) is 20.2 Å². The number of carbonyl (C=O) groups is 1. The number of carbonyl (C=O) groups excluding carboxylic acids is 1. The third-order valence-corrected chi connectivity index (χ3v) is 8.40. The normalized spacial score (nSPS) is 21.6. The van der Waals surface area contributed by atoms with Gasteiger partial charge in [-0.05, 0) is 49.9 Å².